The van der Waals surface area contributed by atoms with Crippen LogP contribution in [0.4, 0.5) is 0 Å². The van der Waals surface area contributed by atoms with Gasteiger partial charge >= 0.3 is 0 Å². The smallest absolute Gasteiger partial charge is 0.164 e. The Morgan fingerprint density at radius 3 is 0.921 bits per heavy atom. The average Bonchev–Trinajstić information content (AvgIpc) is 1.51. The van der Waals surface area contributed by atoms with Crippen LogP contribution in [0.15, 0.2) is 397 Å². The maximum Gasteiger partial charge on any atom is 0.164 e. The van der Waals surface area contributed by atoms with Gasteiger partial charge in [-0.05, 0) is 181 Å². The van der Waals surface area contributed by atoms with E-state index in [4.69, 9.17) is 38.7 Å². The number of benzene rings is 19. The van der Waals surface area contributed by atoms with Crippen LogP contribution in [0.5, 0.6) is 0 Å². The molecule has 23 aromatic rings. The molecule has 0 aliphatic carbocycles. The molecule has 0 unspecified atom stereocenters. The highest BCUT2D eigenvalue weighted by molar-refractivity contribution is 6.21. The Morgan fingerprint density at radius 2 is 0.447 bits per heavy atom. The van der Waals surface area contributed by atoms with Crippen LogP contribution in [0.1, 0.15) is 0 Å². The predicted octanol–water partition coefficient (Wildman–Crippen LogP) is 28.3. The molecule has 23 rings (SSSR count). The van der Waals surface area contributed by atoms with Crippen LogP contribution in [0.25, 0.3) is 232 Å². The van der Waals surface area contributed by atoms with Crippen LogP contribution in [0, 0.1) is 0 Å². The minimum Gasteiger partial charge on any atom is -0.456 e. The van der Waals surface area contributed by atoms with Crippen LogP contribution in [0.3, 0.4) is 0 Å². The van der Waals surface area contributed by atoms with Gasteiger partial charge in [-0.2, -0.15) is 0 Å². The molecular weight excluding hydrogens is 1390 g/mol. The zero-order chi connectivity index (χ0) is 75.2. The largest absolute Gasteiger partial charge is 0.456 e. The van der Waals surface area contributed by atoms with E-state index in [1.54, 1.807) is 0 Å². The lowest BCUT2D eigenvalue weighted by atomic mass is 9.92. The van der Waals surface area contributed by atoms with Gasteiger partial charge in [-0.3, -0.25) is 0 Å². The van der Waals surface area contributed by atoms with Gasteiger partial charge in [0.05, 0.1) is 0 Å². The van der Waals surface area contributed by atoms with Gasteiger partial charge in [0.25, 0.3) is 0 Å². The van der Waals surface area contributed by atoms with Gasteiger partial charge in [-0.25, -0.2) is 29.9 Å². The summed E-state index contributed by atoms with van der Waals surface area (Å²) in [6.07, 6.45) is 0. The van der Waals surface area contributed by atoms with Crippen molar-refractivity contribution in [2.75, 3.05) is 0 Å². The van der Waals surface area contributed by atoms with Gasteiger partial charge in [0.2, 0.25) is 0 Å². The highest BCUT2D eigenvalue weighted by Gasteiger charge is 2.23. The van der Waals surface area contributed by atoms with E-state index in [-0.39, 0.29) is 0 Å². The predicted molar refractivity (Wildman–Crippen MR) is 471 cm³/mol. The molecule has 530 valence electrons. The van der Waals surface area contributed by atoms with Crippen LogP contribution in [-0.4, -0.2) is 29.9 Å². The Kier molecular flexibility index (Phi) is 15.7. The third-order valence-electron chi connectivity index (χ3n) is 22.4. The van der Waals surface area contributed by atoms with E-state index in [1.807, 2.05) is 12.1 Å². The lowest BCUT2D eigenvalue weighted by molar-refractivity contribution is 0.669. The van der Waals surface area contributed by atoms with Crippen LogP contribution < -0.4 is 0 Å². The lowest BCUT2D eigenvalue weighted by Crippen LogP contribution is -2.01. The maximum atomic E-state index is 6.49. The van der Waals surface area contributed by atoms with E-state index in [9.17, 15) is 0 Å². The highest BCUT2D eigenvalue weighted by Crippen LogP contribution is 2.46. The van der Waals surface area contributed by atoms with Crippen molar-refractivity contribution < 1.29 is 8.83 Å². The number of rotatable bonds is 10. The molecule has 0 aliphatic rings. The van der Waals surface area contributed by atoms with Crippen molar-refractivity contribution in [2.45, 2.75) is 0 Å². The number of hydrogen-bond donors (Lipinski definition) is 0. The average molecular weight is 1450 g/mol. The second kappa shape index (κ2) is 27.3. The highest BCUT2D eigenvalue weighted by atomic mass is 16.3. The van der Waals surface area contributed by atoms with Gasteiger partial charge in [-0.1, -0.05) is 328 Å². The summed E-state index contributed by atoms with van der Waals surface area (Å²) in [5, 5.41) is 20.6. The molecule has 0 amide bonds. The number of nitrogens with zero attached hydrogens (tertiary/aromatic N) is 6. The Labute approximate surface area is 654 Å². The van der Waals surface area contributed by atoms with Gasteiger partial charge in [0.15, 0.2) is 34.9 Å². The minimum absolute atomic E-state index is 0.622. The topological polar surface area (TPSA) is 104 Å². The Balaban J connectivity index is 0.000000139. The van der Waals surface area contributed by atoms with E-state index in [1.165, 1.54) is 43.4 Å². The molecule has 0 N–H and O–H groups in total. The van der Waals surface area contributed by atoms with E-state index >= 15 is 0 Å². The summed E-state index contributed by atoms with van der Waals surface area (Å²) in [6, 6.07) is 136. The van der Waals surface area contributed by atoms with Crippen molar-refractivity contribution in [3.8, 4) is 113 Å². The second-order valence-electron chi connectivity index (χ2n) is 29.1. The van der Waals surface area contributed by atoms with Gasteiger partial charge in [-0.15, -0.1) is 0 Å². The zero-order valence-corrected chi connectivity index (χ0v) is 61.5. The molecular formula is C106H64N6O2. The van der Waals surface area contributed by atoms with Crippen molar-refractivity contribution in [3.63, 3.8) is 0 Å². The third-order valence-corrected chi connectivity index (χ3v) is 22.4. The van der Waals surface area contributed by atoms with Gasteiger partial charge < -0.3 is 8.83 Å². The fourth-order valence-electron chi connectivity index (χ4n) is 16.8. The standard InChI is InChI=1S/C55H33N3O.C51H31N3O/c1-2-11-34(12-3-1)35-21-24-37(25-22-35)53-56-54(41-27-28-43-40(31-41)26-23-36-13-6-7-16-42(36)43)58-55(57-53)48-30-29-46(44-17-8-9-18-45(44)48)47-19-10-20-50-52(47)49-32-38-14-4-5-15-39(38)33-51(49)59-50;1-2-11-32(12-3-1)34-21-24-35(25-22-34)49-52-50(39-26-23-33-13-4-5-14-36(33)29-39)54-51(53-49)44-28-27-42(40-17-8-9-18-41(40)44)43-19-10-20-46-48(43)45-30-37-15-6-7-16-38(37)31-47(45)55-46/h1-33H;1-31H. The van der Waals surface area contributed by atoms with E-state index in [0.29, 0.717) is 34.9 Å². The molecule has 114 heavy (non-hydrogen) atoms. The summed E-state index contributed by atoms with van der Waals surface area (Å²) < 4.78 is 13.0. The maximum absolute atomic E-state index is 6.49. The molecule has 0 aliphatic heterocycles. The van der Waals surface area contributed by atoms with Crippen LogP contribution in [0.2, 0.25) is 0 Å². The molecule has 0 saturated carbocycles. The lowest BCUT2D eigenvalue weighted by Gasteiger charge is -2.14. The molecule has 4 aromatic heterocycles. The molecule has 0 bridgehead atoms. The fourth-order valence-corrected chi connectivity index (χ4v) is 16.8. The normalized spacial score (nSPS) is 11.7. The first-order valence-corrected chi connectivity index (χ1v) is 38.4. The Hall–Kier alpha value is -15.4. The summed E-state index contributed by atoms with van der Waals surface area (Å²) in [4.78, 5) is 31.1. The first kappa shape index (κ1) is 65.7. The van der Waals surface area contributed by atoms with E-state index < -0.39 is 0 Å². The van der Waals surface area contributed by atoms with Crippen molar-refractivity contribution >= 4 is 119 Å². The first-order chi connectivity index (χ1) is 56.4. The monoisotopic (exact) mass is 1450 g/mol. The molecule has 4 heterocycles. The molecule has 19 aromatic carbocycles. The fraction of sp³-hybridized carbons (Fsp3) is 0. The molecule has 0 radical (unpaired) electrons. The third kappa shape index (κ3) is 11.6. The van der Waals surface area contributed by atoms with Crippen LogP contribution >= 0.6 is 0 Å². The van der Waals surface area contributed by atoms with Gasteiger partial charge in [0, 0.05) is 54.9 Å². The van der Waals surface area contributed by atoms with Crippen molar-refractivity contribution in [2.24, 2.45) is 0 Å². The minimum atomic E-state index is 0.622. The zero-order valence-electron chi connectivity index (χ0n) is 61.5. The molecule has 0 fully saturated rings. The summed E-state index contributed by atoms with van der Waals surface area (Å²) in [7, 11) is 0. The van der Waals surface area contributed by atoms with Gasteiger partial charge in [0.1, 0.15) is 22.3 Å². The number of fused-ring (bicyclic) bond motifs is 14. The van der Waals surface area contributed by atoms with Crippen molar-refractivity contribution in [1.29, 1.82) is 0 Å². The second-order valence-corrected chi connectivity index (χ2v) is 29.1. The SMILES string of the molecule is c1ccc(-c2ccc(-c3nc(-c4ccc5c(ccc6ccccc65)c4)nc(-c4ccc(-c5cccc6oc7cc8ccccc8cc7c56)c5ccccc45)n3)cc2)cc1.c1ccc(-c2ccc(-c3nc(-c4ccc5ccccc5c4)nc(-c4ccc(-c5cccc6oc7cc8ccccc8cc7c56)c5ccccc45)n3)cc2)cc1. The molecule has 0 atom stereocenters. The summed E-state index contributed by atoms with van der Waals surface area (Å²) in [5.74, 6) is 3.76. The molecule has 0 saturated heterocycles. The Morgan fingerprint density at radius 1 is 0.140 bits per heavy atom. The number of aromatic nitrogens is 6. The Bertz CT molecular complexity index is 7790. The molecule has 0 spiro atoms. The van der Waals surface area contributed by atoms with E-state index in [2.05, 4.69) is 376 Å². The molecule has 8 nitrogen and oxygen atoms in total. The first-order valence-electron chi connectivity index (χ1n) is 38.4. The number of furan rings is 2. The summed E-state index contributed by atoms with van der Waals surface area (Å²) in [6.45, 7) is 0. The number of hydrogen-bond acceptors (Lipinski definition) is 8. The summed E-state index contributed by atoms with van der Waals surface area (Å²) >= 11 is 0. The molecule has 8 heteroatoms. The van der Waals surface area contributed by atoms with Crippen molar-refractivity contribution in [1.82, 2.24) is 29.9 Å². The van der Waals surface area contributed by atoms with E-state index in [0.717, 1.165) is 154 Å². The quantitative estimate of drug-likeness (QED) is 0.125. The van der Waals surface area contributed by atoms with Crippen molar-refractivity contribution in [3.05, 3.63) is 388 Å². The summed E-state index contributed by atoms with van der Waals surface area (Å²) in [5.41, 5.74) is 18.2. The van der Waals surface area contributed by atoms with Crippen LogP contribution in [-0.2, 0) is 0 Å².